The summed E-state index contributed by atoms with van der Waals surface area (Å²) >= 11 is 0. The summed E-state index contributed by atoms with van der Waals surface area (Å²) < 4.78 is 0. The number of hydrogen-bond donors (Lipinski definition) is 4. The average Bonchev–Trinajstić information content (AvgIpc) is 2.55. The van der Waals surface area contributed by atoms with Gasteiger partial charge in [-0.25, -0.2) is 4.79 Å². The van der Waals surface area contributed by atoms with Crippen molar-refractivity contribution in [2.24, 2.45) is 16.5 Å². The van der Waals surface area contributed by atoms with E-state index in [9.17, 15) is 9.59 Å². The van der Waals surface area contributed by atoms with Crippen molar-refractivity contribution >= 4 is 30.2 Å². The van der Waals surface area contributed by atoms with Crippen LogP contribution in [-0.2, 0) is 9.59 Å². The van der Waals surface area contributed by atoms with Gasteiger partial charge in [0, 0.05) is 13.0 Å². The monoisotopic (exact) mass is 410 g/mol. The summed E-state index contributed by atoms with van der Waals surface area (Å²) in [7, 11) is 0. The largest absolute Gasteiger partial charge is 0.480 e. The molecule has 0 aromatic carbocycles. The predicted molar refractivity (Wildman–Crippen MR) is 112 cm³/mol. The molecule has 8 nitrogen and oxygen atoms in total. The fourth-order valence-corrected chi connectivity index (χ4v) is 2.62. The Bertz CT molecular complexity index is 405. The molecule has 162 valence electrons. The molecule has 0 aliphatic carbocycles. The lowest BCUT2D eigenvalue weighted by atomic mass is 10.1. The molecule has 9 heteroatoms. The van der Waals surface area contributed by atoms with Gasteiger partial charge >= 0.3 is 5.97 Å². The van der Waals surface area contributed by atoms with Crippen LogP contribution in [0.5, 0.6) is 0 Å². The summed E-state index contributed by atoms with van der Waals surface area (Å²) in [5.74, 6) is -1.23. The van der Waals surface area contributed by atoms with Crippen molar-refractivity contribution in [2.75, 3.05) is 6.54 Å². The molecule has 0 aliphatic heterocycles. The minimum Gasteiger partial charge on any atom is -0.480 e. The van der Waals surface area contributed by atoms with Crippen LogP contribution in [0.1, 0.15) is 84.0 Å². The van der Waals surface area contributed by atoms with E-state index in [0.29, 0.717) is 25.8 Å². The van der Waals surface area contributed by atoms with E-state index in [0.717, 1.165) is 19.3 Å². The minimum atomic E-state index is -1.02. The smallest absolute Gasteiger partial charge is 0.326 e. The van der Waals surface area contributed by atoms with Crippen LogP contribution < -0.4 is 16.8 Å². The predicted octanol–water partition coefficient (Wildman–Crippen LogP) is 2.13. The zero-order valence-corrected chi connectivity index (χ0v) is 17.4. The Labute approximate surface area is 169 Å². The van der Waals surface area contributed by atoms with Gasteiger partial charge in [0.25, 0.3) is 0 Å². The Balaban J connectivity index is -0.00000288. The third kappa shape index (κ3) is 20.6. The second-order valence-electron chi connectivity index (χ2n) is 6.49. The van der Waals surface area contributed by atoms with Crippen molar-refractivity contribution in [1.82, 2.24) is 5.32 Å². The van der Waals surface area contributed by atoms with Crippen molar-refractivity contribution in [2.45, 2.75) is 90.0 Å². The lowest BCUT2D eigenvalue weighted by molar-refractivity contribution is -0.142. The number of carboxylic acid groups (broad SMARTS) is 1. The summed E-state index contributed by atoms with van der Waals surface area (Å²) in [4.78, 5) is 26.9. The van der Waals surface area contributed by atoms with E-state index >= 15 is 0 Å². The average molecular weight is 411 g/mol. The first-order chi connectivity index (χ1) is 12.0. The Morgan fingerprint density at radius 3 is 1.96 bits per heavy atom. The summed E-state index contributed by atoms with van der Waals surface area (Å²) in [5.41, 5.74) is 10.4. The number of carbonyl (C=O) groups is 2. The SMILES string of the molecule is CCCCCCCCCCCC(=O)N[C@@H](CCCN=C(N)N)C(=O)O.Cl.O. The minimum absolute atomic E-state index is 0. The summed E-state index contributed by atoms with van der Waals surface area (Å²) in [5, 5.41) is 11.7. The van der Waals surface area contributed by atoms with Gasteiger partial charge in [-0.2, -0.15) is 0 Å². The zero-order valence-electron chi connectivity index (χ0n) is 16.5. The van der Waals surface area contributed by atoms with Crippen molar-refractivity contribution in [3.05, 3.63) is 0 Å². The normalized spacial score (nSPS) is 10.9. The van der Waals surface area contributed by atoms with Crippen LogP contribution in [0.3, 0.4) is 0 Å². The summed E-state index contributed by atoms with van der Waals surface area (Å²) in [6, 6.07) is -0.875. The summed E-state index contributed by atoms with van der Waals surface area (Å²) in [6.07, 6.45) is 11.9. The highest BCUT2D eigenvalue weighted by Crippen LogP contribution is 2.10. The van der Waals surface area contributed by atoms with Gasteiger partial charge in [-0.3, -0.25) is 9.79 Å². The van der Waals surface area contributed by atoms with Crippen LogP contribution in [-0.4, -0.2) is 41.0 Å². The number of guanidine groups is 1. The van der Waals surface area contributed by atoms with Crippen molar-refractivity contribution < 1.29 is 20.2 Å². The number of halogens is 1. The number of rotatable bonds is 16. The van der Waals surface area contributed by atoms with Crippen LogP contribution in [0.25, 0.3) is 0 Å². The van der Waals surface area contributed by atoms with E-state index < -0.39 is 12.0 Å². The molecule has 8 N–H and O–H groups in total. The van der Waals surface area contributed by atoms with Gasteiger partial charge in [-0.05, 0) is 19.3 Å². The number of carbonyl (C=O) groups excluding carboxylic acids is 1. The highest BCUT2D eigenvalue weighted by molar-refractivity contribution is 5.85. The second kappa shape index (κ2) is 20.8. The molecule has 0 unspecified atom stereocenters. The van der Waals surface area contributed by atoms with Crippen LogP contribution in [0.4, 0.5) is 0 Å². The number of hydrogen-bond acceptors (Lipinski definition) is 3. The van der Waals surface area contributed by atoms with Gasteiger partial charge in [0.1, 0.15) is 6.04 Å². The Morgan fingerprint density at radius 2 is 1.48 bits per heavy atom. The fraction of sp³-hybridized carbons (Fsp3) is 0.833. The van der Waals surface area contributed by atoms with E-state index in [2.05, 4.69) is 17.2 Å². The number of amides is 1. The van der Waals surface area contributed by atoms with E-state index in [1.165, 1.54) is 38.5 Å². The molecule has 0 aliphatic rings. The van der Waals surface area contributed by atoms with Crippen LogP contribution in [0.15, 0.2) is 4.99 Å². The van der Waals surface area contributed by atoms with Crippen molar-refractivity contribution in [3.8, 4) is 0 Å². The van der Waals surface area contributed by atoms with Gasteiger partial charge in [0.15, 0.2) is 5.96 Å². The molecular weight excluding hydrogens is 372 g/mol. The van der Waals surface area contributed by atoms with Gasteiger partial charge in [0.05, 0.1) is 0 Å². The standard InChI is InChI=1S/C18H36N4O3.ClH.H2O/c1-2-3-4-5-6-7-8-9-10-13-16(23)22-15(17(24)25)12-11-14-21-18(19)20;;/h15H,2-14H2,1H3,(H,22,23)(H,24,25)(H4,19,20,21);1H;1H2/t15-;;/m0../s1. The van der Waals surface area contributed by atoms with E-state index in [1.54, 1.807) is 0 Å². The second-order valence-corrected chi connectivity index (χ2v) is 6.49. The number of carboxylic acids is 1. The Hall–Kier alpha value is -1.54. The lowest BCUT2D eigenvalue weighted by Gasteiger charge is -2.14. The van der Waals surface area contributed by atoms with Crippen LogP contribution >= 0.6 is 12.4 Å². The molecular formula is C18H39ClN4O4. The first-order valence-corrected chi connectivity index (χ1v) is 9.55. The molecule has 0 fully saturated rings. The molecule has 0 heterocycles. The van der Waals surface area contributed by atoms with E-state index in [-0.39, 0.29) is 29.7 Å². The summed E-state index contributed by atoms with van der Waals surface area (Å²) in [6.45, 7) is 2.57. The Kier molecular flexibility index (Phi) is 23.2. The quantitative estimate of drug-likeness (QED) is 0.174. The van der Waals surface area contributed by atoms with Gasteiger partial charge in [0.2, 0.25) is 5.91 Å². The first-order valence-electron chi connectivity index (χ1n) is 9.55. The molecule has 1 atom stereocenters. The zero-order chi connectivity index (χ0) is 18.9. The maximum absolute atomic E-state index is 11.9. The number of unbranched alkanes of at least 4 members (excludes halogenated alkanes) is 8. The highest BCUT2D eigenvalue weighted by Gasteiger charge is 2.18. The highest BCUT2D eigenvalue weighted by atomic mass is 35.5. The molecule has 0 spiro atoms. The molecule has 0 radical (unpaired) electrons. The van der Waals surface area contributed by atoms with Gasteiger partial charge < -0.3 is 27.4 Å². The van der Waals surface area contributed by atoms with E-state index in [1.807, 2.05) is 0 Å². The molecule has 0 bridgehead atoms. The number of nitrogens with zero attached hydrogens (tertiary/aromatic N) is 1. The molecule has 1 amide bonds. The Morgan fingerprint density at radius 1 is 0.963 bits per heavy atom. The maximum atomic E-state index is 11.9. The van der Waals surface area contributed by atoms with Gasteiger partial charge in [-0.1, -0.05) is 58.3 Å². The topological polar surface area (TPSA) is 162 Å². The molecule has 0 rings (SSSR count). The van der Waals surface area contributed by atoms with Crippen LogP contribution in [0.2, 0.25) is 0 Å². The van der Waals surface area contributed by atoms with E-state index in [4.69, 9.17) is 16.6 Å². The van der Waals surface area contributed by atoms with Crippen molar-refractivity contribution in [3.63, 3.8) is 0 Å². The first kappa shape index (κ1) is 30.2. The lowest BCUT2D eigenvalue weighted by Crippen LogP contribution is -2.40. The van der Waals surface area contributed by atoms with Crippen LogP contribution in [0, 0.1) is 0 Å². The number of aliphatic imine (C=N–C) groups is 1. The number of nitrogens with one attached hydrogen (secondary N) is 1. The third-order valence-corrected chi connectivity index (χ3v) is 4.09. The molecule has 0 aromatic rings. The number of nitrogens with two attached hydrogens (primary N) is 2. The molecule has 0 saturated heterocycles. The molecule has 0 aromatic heterocycles. The maximum Gasteiger partial charge on any atom is 0.326 e. The molecule has 0 saturated carbocycles. The third-order valence-electron chi connectivity index (χ3n) is 4.09. The van der Waals surface area contributed by atoms with Crippen molar-refractivity contribution in [1.29, 1.82) is 0 Å². The number of aliphatic carboxylic acids is 1. The van der Waals surface area contributed by atoms with Gasteiger partial charge in [-0.15, -0.1) is 12.4 Å². The molecule has 27 heavy (non-hydrogen) atoms. The fourth-order valence-electron chi connectivity index (χ4n) is 2.62.